The molecule has 16 heavy (non-hydrogen) atoms. The second kappa shape index (κ2) is 3.33. The van der Waals surface area contributed by atoms with E-state index in [1.165, 1.54) is 12.3 Å². The summed E-state index contributed by atoms with van der Waals surface area (Å²) >= 11 is 0. The third-order valence-electron chi connectivity index (χ3n) is 2.95. The van der Waals surface area contributed by atoms with Crippen LogP contribution in [0, 0.1) is 10.1 Å². The van der Waals surface area contributed by atoms with E-state index in [0.717, 1.165) is 19.3 Å². The van der Waals surface area contributed by atoms with Gasteiger partial charge in [-0.25, -0.2) is 4.98 Å². The van der Waals surface area contributed by atoms with Crippen molar-refractivity contribution in [2.75, 3.05) is 0 Å². The molecule has 0 N–H and O–H groups in total. The Bertz CT molecular complexity index is 448. The first-order valence-corrected chi connectivity index (χ1v) is 5.22. The van der Waals surface area contributed by atoms with E-state index in [1.54, 1.807) is 0 Å². The summed E-state index contributed by atoms with van der Waals surface area (Å²) in [7, 11) is 0. The van der Waals surface area contributed by atoms with Gasteiger partial charge in [-0.1, -0.05) is 0 Å². The monoisotopic (exact) mass is 222 g/mol. The van der Waals surface area contributed by atoms with E-state index in [9.17, 15) is 10.1 Å². The molecular formula is C10H10N2O4. The summed E-state index contributed by atoms with van der Waals surface area (Å²) in [6.45, 7) is 0. The van der Waals surface area contributed by atoms with E-state index in [0.29, 0.717) is 11.6 Å². The van der Waals surface area contributed by atoms with Gasteiger partial charge in [0.1, 0.15) is 18.4 Å². The van der Waals surface area contributed by atoms with Gasteiger partial charge in [0.2, 0.25) is 0 Å². The molecule has 1 aliphatic heterocycles. The molecule has 1 aromatic heterocycles. The Balaban J connectivity index is 1.95. The smallest absolute Gasteiger partial charge is 0.291 e. The summed E-state index contributed by atoms with van der Waals surface area (Å²) in [5.74, 6) is 0.756. The number of aromatic nitrogens is 1. The number of nitrogens with zero attached hydrogens (tertiary/aromatic N) is 2. The molecule has 6 nitrogen and oxygen atoms in total. The topological polar surface area (TPSA) is 74.5 Å². The van der Waals surface area contributed by atoms with E-state index in [1.807, 2.05) is 0 Å². The predicted molar refractivity (Wildman–Crippen MR) is 53.6 cm³/mol. The highest BCUT2D eigenvalue weighted by Crippen LogP contribution is 2.39. The summed E-state index contributed by atoms with van der Waals surface area (Å²) in [5, 5.41) is 10.6. The molecule has 2 atom stereocenters. The van der Waals surface area contributed by atoms with Crippen LogP contribution < -0.4 is 9.47 Å². The fraction of sp³-hybridized carbons (Fsp3) is 0.500. The Morgan fingerprint density at radius 1 is 1.38 bits per heavy atom. The van der Waals surface area contributed by atoms with Crippen molar-refractivity contribution in [3.63, 3.8) is 0 Å². The summed E-state index contributed by atoms with van der Waals surface area (Å²) < 4.78 is 11.3. The van der Waals surface area contributed by atoms with Gasteiger partial charge in [-0.2, -0.15) is 0 Å². The molecule has 1 aliphatic carbocycles. The molecule has 0 radical (unpaired) electrons. The normalized spacial score (nSPS) is 26.2. The summed E-state index contributed by atoms with van der Waals surface area (Å²) in [5.41, 5.74) is -0.0706. The fourth-order valence-electron chi connectivity index (χ4n) is 2.16. The zero-order chi connectivity index (χ0) is 11.1. The van der Waals surface area contributed by atoms with Crippen LogP contribution in [0.1, 0.15) is 19.3 Å². The van der Waals surface area contributed by atoms with Gasteiger partial charge < -0.3 is 9.47 Å². The van der Waals surface area contributed by atoms with Crippen molar-refractivity contribution in [1.82, 2.24) is 4.98 Å². The molecular weight excluding hydrogens is 212 g/mol. The van der Waals surface area contributed by atoms with Crippen LogP contribution in [0.5, 0.6) is 11.6 Å². The van der Waals surface area contributed by atoms with Gasteiger partial charge in [0.15, 0.2) is 5.75 Å². The Kier molecular flexibility index (Phi) is 1.95. The molecule has 1 fully saturated rings. The minimum Gasteiger partial charge on any atom is -0.481 e. The van der Waals surface area contributed by atoms with E-state index < -0.39 is 4.92 Å². The molecule has 1 saturated carbocycles. The fourth-order valence-corrected chi connectivity index (χ4v) is 2.16. The number of fused-ring (bicyclic) bond motifs is 2. The maximum atomic E-state index is 10.6. The minimum atomic E-state index is -0.489. The van der Waals surface area contributed by atoms with Crippen molar-refractivity contribution in [1.29, 1.82) is 0 Å². The first-order chi connectivity index (χ1) is 7.74. The Hall–Kier alpha value is -1.85. The average Bonchev–Trinajstić information content (AvgIpc) is 2.71. The molecule has 0 amide bonds. The van der Waals surface area contributed by atoms with Crippen molar-refractivity contribution >= 4 is 5.69 Å². The Morgan fingerprint density at radius 2 is 2.12 bits per heavy atom. The van der Waals surface area contributed by atoms with Crippen molar-refractivity contribution in [2.24, 2.45) is 0 Å². The van der Waals surface area contributed by atoms with Crippen LogP contribution in [-0.2, 0) is 0 Å². The van der Waals surface area contributed by atoms with E-state index >= 15 is 0 Å². The molecule has 0 spiro atoms. The number of pyridine rings is 1. The minimum absolute atomic E-state index is 0.0244. The third-order valence-corrected chi connectivity index (χ3v) is 2.95. The van der Waals surface area contributed by atoms with Crippen LogP contribution in [0.15, 0.2) is 12.3 Å². The molecule has 2 heterocycles. The zero-order valence-electron chi connectivity index (χ0n) is 8.46. The van der Waals surface area contributed by atoms with Crippen LogP contribution in [0.2, 0.25) is 0 Å². The van der Waals surface area contributed by atoms with E-state index in [-0.39, 0.29) is 17.9 Å². The Morgan fingerprint density at radius 3 is 2.88 bits per heavy atom. The second-order valence-electron chi connectivity index (χ2n) is 4.00. The first-order valence-electron chi connectivity index (χ1n) is 5.22. The standard InChI is InChI=1S/C10H10N2O4/c13-12(14)6-4-9-10(11-5-6)16-8-3-1-2-7(8)15-9/h4-5,7-8H,1-3H2. The largest absolute Gasteiger partial charge is 0.481 e. The van der Waals surface area contributed by atoms with Gasteiger partial charge in [0, 0.05) is 0 Å². The molecule has 1 aromatic rings. The van der Waals surface area contributed by atoms with Crippen LogP contribution >= 0.6 is 0 Å². The highest BCUT2D eigenvalue weighted by Gasteiger charge is 2.36. The lowest BCUT2D eigenvalue weighted by molar-refractivity contribution is -0.385. The average molecular weight is 222 g/mol. The lowest BCUT2D eigenvalue weighted by atomic mass is 10.2. The molecule has 84 valence electrons. The third kappa shape index (κ3) is 1.37. The van der Waals surface area contributed by atoms with Gasteiger partial charge in [-0.15, -0.1) is 0 Å². The lowest BCUT2D eigenvalue weighted by Crippen LogP contribution is -2.35. The molecule has 0 aromatic carbocycles. The maximum Gasteiger partial charge on any atom is 0.291 e. The van der Waals surface area contributed by atoms with E-state index in [2.05, 4.69) is 4.98 Å². The number of nitro groups is 1. The van der Waals surface area contributed by atoms with Crippen LogP contribution in [0.25, 0.3) is 0 Å². The van der Waals surface area contributed by atoms with Gasteiger partial charge in [0.05, 0.1) is 11.0 Å². The van der Waals surface area contributed by atoms with Gasteiger partial charge in [0.25, 0.3) is 11.6 Å². The van der Waals surface area contributed by atoms with Crippen LogP contribution in [0.4, 0.5) is 5.69 Å². The van der Waals surface area contributed by atoms with Gasteiger partial charge in [-0.3, -0.25) is 10.1 Å². The first kappa shape index (κ1) is 9.38. The maximum absolute atomic E-state index is 10.6. The quantitative estimate of drug-likeness (QED) is 0.533. The predicted octanol–water partition coefficient (Wildman–Crippen LogP) is 1.68. The SMILES string of the molecule is O=[N+]([O-])c1cnc2c(c1)OC1CCCC1O2. The molecule has 2 aliphatic rings. The highest BCUT2D eigenvalue weighted by molar-refractivity contribution is 5.44. The highest BCUT2D eigenvalue weighted by atomic mass is 16.6. The molecule has 6 heteroatoms. The van der Waals surface area contributed by atoms with Crippen molar-refractivity contribution in [2.45, 2.75) is 31.5 Å². The lowest BCUT2D eigenvalue weighted by Gasteiger charge is -2.28. The summed E-state index contributed by atoms with van der Waals surface area (Å²) in [4.78, 5) is 14.0. The molecule has 3 rings (SSSR count). The van der Waals surface area contributed by atoms with Crippen molar-refractivity contribution < 1.29 is 14.4 Å². The van der Waals surface area contributed by atoms with Gasteiger partial charge >= 0.3 is 0 Å². The number of rotatable bonds is 1. The molecule has 0 saturated heterocycles. The van der Waals surface area contributed by atoms with E-state index in [4.69, 9.17) is 9.47 Å². The number of hydrogen-bond donors (Lipinski definition) is 0. The Labute approximate surface area is 91.3 Å². The summed E-state index contributed by atoms with van der Waals surface area (Å²) in [6.07, 6.45) is 4.23. The second-order valence-corrected chi connectivity index (χ2v) is 4.00. The van der Waals surface area contributed by atoms with Crippen molar-refractivity contribution in [3.05, 3.63) is 22.4 Å². The van der Waals surface area contributed by atoms with Crippen LogP contribution in [0.3, 0.4) is 0 Å². The van der Waals surface area contributed by atoms with Crippen LogP contribution in [-0.4, -0.2) is 22.1 Å². The van der Waals surface area contributed by atoms with Crippen molar-refractivity contribution in [3.8, 4) is 11.6 Å². The van der Waals surface area contributed by atoms with Gasteiger partial charge in [-0.05, 0) is 19.3 Å². The summed E-state index contributed by atoms with van der Waals surface area (Å²) in [6, 6.07) is 1.37. The number of ether oxygens (including phenoxy) is 2. The molecule has 2 unspecified atom stereocenters. The molecule has 0 bridgehead atoms. The number of hydrogen-bond acceptors (Lipinski definition) is 5. The zero-order valence-corrected chi connectivity index (χ0v) is 8.46.